The van der Waals surface area contributed by atoms with E-state index < -0.39 is 0 Å². The van der Waals surface area contributed by atoms with Crippen LogP contribution in [0.25, 0.3) is 0 Å². The molecule has 2 N–H and O–H groups in total. The molecular formula is C8H11NO. The highest BCUT2D eigenvalue weighted by Crippen LogP contribution is 2.11. The van der Waals surface area contributed by atoms with Gasteiger partial charge in [-0.05, 0) is 18.6 Å². The molecule has 10 heavy (non-hydrogen) atoms. The zero-order valence-electron chi connectivity index (χ0n) is 5.96. The molecule has 1 rings (SSSR count). The number of benzene rings is 1. The SMILES string of the molecule is Cc1ccccc1NCO. The summed E-state index contributed by atoms with van der Waals surface area (Å²) < 4.78 is 0. The van der Waals surface area contributed by atoms with Crippen molar-refractivity contribution in [2.24, 2.45) is 0 Å². The second-order valence-electron chi connectivity index (χ2n) is 2.15. The molecule has 2 nitrogen and oxygen atoms in total. The predicted molar refractivity (Wildman–Crippen MR) is 41.9 cm³/mol. The summed E-state index contributed by atoms with van der Waals surface area (Å²) >= 11 is 0. The predicted octanol–water partition coefficient (Wildman–Crippen LogP) is 1.36. The molecule has 0 bridgehead atoms. The third-order valence-electron chi connectivity index (χ3n) is 1.41. The van der Waals surface area contributed by atoms with E-state index in [2.05, 4.69) is 5.32 Å². The first-order chi connectivity index (χ1) is 4.84. The second-order valence-corrected chi connectivity index (χ2v) is 2.15. The first-order valence-corrected chi connectivity index (χ1v) is 3.25. The zero-order valence-corrected chi connectivity index (χ0v) is 5.96. The zero-order chi connectivity index (χ0) is 7.40. The van der Waals surface area contributed by atoms with E-state index in [1.807, 2.05) is 31.2 Å². The van der Waals surface area contributed by atoms with Crippen molar-refractivity contribution < 1.29 is 5.11 Å². The van der Waals surface area contributed by atoms with E-state index in [-0.39, 0.29) is 6.73 Å². The lowest BCUT2D eigenvalue weighted by molar-refractivity contribution is 0.325. The maximum Gasteiger partial charge on any atom is 0.113 e. The summed E-state index contributed by atoms with van der Waals surface area (Å²) in [6.07, 6.45) is 0. The Kier molecular flexibility index (Phi) is 2.29. The van der Waals surface area contributed by atoms with E-state index in [0.29, 0.717) is 0 Å². The van der Waals surface area contributed by atoms with Crippen LogP contribution in [0.5, 0.6) is 0 Å². The third kappa shape index (κ3) is 1.48. The van der Waals surface area contributed by atoms with Gasteiger partial charge in [0.2, 0.25) is 0 Å². The normalized spacial score (nSPS) is 9.40. The number of aryl methyl sites for hydroxylation is 1. The smallest absolute Gasteiger partial charge is 0.113 e. The molecule has 1 aromatic rings. The summed E-state index contributed by atoms with van der Waals surface area (Å²) in [4.78, 5) is 0. The maximum absolute atomic E-state index is 8.53. The molecule has 0 atom stereocenters. The lowest BCUT2D eigenvalue weighted by Crippen LogP contribution is -2.00. The Morgan fingerprint density at radius 2 is 2.10 bits per heavy atom. The number of nitrogens with one attached hydrogen (secondary N) is 1. The largest absolute Gasteiger partial charge is 0.377 e. The number of para-hydroxylation sites is 1. The molecule has 1 aromatic carbocycles. The van der Waals surface area contributed by atoms with Gasteiger partial charge in [-0.3, -0.25) is 0 Å². The molecule has 0 unspecified atom stereocenters. The van der Waals surface area contributed by atoms with Crippen LogP contribution in [0.1, 0.15) is 5.56 Å². The quantitative estimate of drug-likeness (QED) is 0.603. The van der Waals surface area contributed by atoms with Crippen molar-refractivity contribution in [1.29, 1.82) is 0 Å². The summed E-state index contributed by atoms with van der Waals surface area (Å²) in [6, 6.07) is 7.84. The van der Waals surface area contributed by atoms with Crippen LogP contribution in [-0.4, -0.2) is 11.8 Å². The highest BCUT2D eigenvalue weighted by molar-refractivity contribution is 5.49. The summed E-state index contributed by atoms with van der Waals surface area (Å²) in [7, 11) is 0. The van der Waals surface area contributed by atoms with Crippen LogP contribution in [0, 0.1) is 6.92 Å². The Bertz CT molecular complexity index is 210. The Labute approximate surface area is 60.5 Å². The molecule has 54 valence electrons. The fourth-order valence-electron chi connectivity index (χ4n) is 0.856. The van der Waals surface area contributed by atoms with Gasteiger partial charge < -0.3 is 10.4 Å². The Hall–Kier alpha value is -1.02. The fraction of sp³-hybridized carbons (Fsp3) is 0.250. The standard InChI is InChI=1S/C8H11NO/c1-7-4-2-3-5-8(7)9-6-10/h2-5,9-10H,6H2,1H3. The van der Waals surface area contributed by atoms with Crippen molar-refractivity contribution >= 4 is 5.69 Å². The van der Waals surface area contributed by atoms with Gasteiger partial charge in [-0.15, -0.1) is 0 Å². The number of aliphatic hydroxyl groups excluding tert-OH is 1. The van der Waals surface area contributed by atoms with Gasteiger partial charge in [-0.25, -0.2) is 0 Å². The first kappa shape index (κ1) is 7.09. The molecule has 0 aromatic heterocycles. The van der Waals surface area contributed by atoms with Crippen LogP contribution in [0.3, 0.4) is 0 Å². The van der Waals surface area contributed by atoms with Crippen LogP contribution >= 0.6 is 0 Å². The molecule has 0 fully saturated rings. The van der Waals surface area contributed by atoms with Gasteiger partial charge in [-0.2, -0.15) is 0 Å². The molecule has 0 amide bonds. The highest BCUT2D eigenvalue weighted by Gasteiger charge is 1.91. The van der Waals surface area contributed by atoms with Crippen molar-refractivity contribution in [3.63, 3.8) is 0 Å². The van der Waals surface area contributed by atoms with Gasteiger partial charge in [0.15, 0.2) is 0 Å². The fourth-order valence-corrected chi connectivity index (χ4v) is 0.856. The van der Waals surface area contributed by atoms with Crippen molar-refractivity contribution in [3.8, 4) is 0 Å². The van der Waals surface area contributed by atoms with Crippen molar-refractivity contribution in [2.45, 2.75) is 6.92 Å². The summed E-state index contributed by atoms with van der Waals surface area (Å²) in [5, 5.41) is 11.4. The monoisotopic (exact) mass is 137 g/mol. The number of hydrogen-bond donors (Lipinski definition) is 2. The molecule has 2 heteroatoms. The van der Waals surface area contributed by atoms with E-state index in [1.165, 1.54) is 0 Å². The van der Waals surface area contributed by atoms with E-state index in [4.69, 9.17) is 5.11 Å². The van der Waals surface area contributed by atoms with Crippen LogP contribution in [0.2, 0.25) is 0 Å². The Balaban J connectivity index is 2.81. The molecule has 0 saturated heterocycles. The molecule has 0 heterocycles. The van der Waals surface area contributed by atoms with Crippen LogP contribution in [0.4, 0.5) is 5.69 Å². The van der Waals surface area contributed by atoms with E-state index >= 15 is 0 Å². The van der Waals surface area contributed by atoms with Crippen molar-refractivity contribution in [2.75, 3.05) is 12.0 Å². The Morgan fingerprint density at radius 1 is 1.40 bits per heavy atom. The lowest BCUT2D eigenvalue weighted by Gasteiger charge is -2.04. The minimum atomic E-state index is -0.00907. The van der Waals surface area contributed by atoms with Gasteiger partial charge in [-0.1, -0.05) is 18.2 Å². The molecule has 0 aliphatic rings. The van der Waals surface area contributed by atoms with Gasteiger partial charge >= 0.3 is 0 Å². The van der Waals surface area contributed by atoms with Gasteiger partial charge in [0.05, 0.1) is 0 Å². The van der Waals surface area contributed by atoms with Gasteiger partial charge in [0.25, 0.3) is 0 Å². The lowest BCUT2D eigenvalue weighted by atomic mass is 10.2. The average molecular weight is 137 g/mol. The number of rotatable bonds is 2. The van der Waals surface area contributed by atoms with Gasteiger partial charge in [0.1, 0.15) is 6.73 Å². The minimum Gasteiger partial charge on any atom is -0.377 e. The summed E-state index contributed by atoms with van der Waals surface area (Å²) in [5.41, 5.74) is 2.14. The highest BCUT2D eigenvalue weighted by atomic mass is 16.3. The number of anilines is 1. The van der Waals surface area contributed by atoms with Gasteiger partial charge in [0, 0.05) is 5.69 Å². The average Bonchev–Trinajstić information content (AvgIpc) is 1.94. The molecule has 0 saturated carbocycles. The van der Waals surface area contributed by atoms with E-state index in [9.17, 15) is 0 Å². The minimum absolute atomic E-state index is 0.00907. The second kappa shape index (κ2) is 3.22. The number of hydrogen-bond acceptors (Lipinski definition) is 2. The molecule has 0 spiro atoms. The van der Waals surface area contributed by atoms with Crippen molar-refractivity contribution in [1.82, 2.24) is 0 Å². The topological polar surface area (TPSA) is 32.3 Å². The van der Waals surface area contributed by atoms with Crippen LogP contribution in [0.15, 0.2) is 24.3 Å². The van der Waals surface area contributed by atoms with E-state index in [1.54, 1.807) is 0 Å². The van der Waals surface area contributed by atoms with Crippen LogP contribution < -0.4 is 5.32 Å². The van der Waals surface area contributed by atoms with Crippen molar-refractivity contribution in [3.05, 3.63) is 29.8 Å². The maximum atomic E-state index is 8.53. The Morgan fingerprint density at radius 3 is 2.70 bits per heavy atom. The molecule has 0 aliphatic carbocycles. The van der Waals surface area contributed by atoms with E-state index in [0.717, 1.165) is 11.3 Å². The molecular weight excluding hydrogens is 126 g/mol. The summed E-state index contributed by atoms with van der Waals surface area (Å²) in [6.45, 7) is 1.99. The first-order valence-electron chi connectivity index (χ1n) is 3.25. The molecule has 0 radical (unpaired) electrons. The number of aliphatic hydroxyl groups is 1. The molecule has 0 aliphatic heterocycles. The van der Waals surface area contributed by atoms with Crippen LogP contribution in [-0.2, 0) is 0 Å². The summed E-state index contributed by atoms with van der Waals surface area (Å²) in [5.74, 6) is 0. The third-order valence-corrected chi connectivity index (χ3v) is 1.41.